The molecular formula is C23H37NO4S. The van der Waals surface area contributed by atoms with Crippen molar-refractivity contribution >= 4 is 21.3 Å². The van der Waals surface area contributed by atoms with Gasteiger partial charge in [-0.15, -0.1) is 0 Å². The van der Waals surface area contributed by atoms with Gasteiger partial charge in [0.05, 0.1) is 23.2 Å². The first-order valence-corrected chi connectivity index (χ1v) is 12.5. The lowest BCUT2D eigenvalue weighted by Gasteiger charge is -2.36. The van der Waals surface area contributed by atoms with Gasteiger partial charge in [0.1, 0.15) is 5.78 Å². The van der Waals surface area contributed by atoms with Crippen LogP contribution in [-0.2, 0) is 25.8 Å². The highest BCUT2D eigenvalue weighted by Crippen LogP contribution is 2.21. The van der Waals surface area contributed by atoms with Crippen molar-refractivity contribution in [2.45, 2.75) is 77.8 Å². The van der Waals surface area contributed by atoms with Crippen molar-refractivity contribution in [2.24, 2.45) is 5.92 Å². The van der Waals surface area contributed by atoms with Crippen LogP contribution in [0.5, 0.6) is 0 Å². The predicted molar refractivity (Wildman–Crippen MR) is 119 cm³/mol. The molecule has 5 nitrogen and oxygen atoms in total. The van der Waals surface area contributed by atoms with Gasteiger partial charge in [0.15, 0.2) is 9.84 Å². The summed E-state index contributed by atoms with van der Waals surface area (Å²) in [6.45, 7) is 11.4. The Bertz CT molecular complexity index is 748. The van der Waals surface area contributed by atoms with Gasteiger partial charge in [-0.1, -0.05) is 19.1 Å². The van der Waals surface area contributed by atoms with Gasteiger partial charge in [-0.05, 0) is 64.2 Å². The average Bonchev–Trinajstić information content (AvgIpc) is 2.64. The molecule has 0 aromatic heterocycles. The van der Waals surface area contributed by atoms with Crippen LogP contribution < -0.4 is 4.90 Å². The Kier molecular flexibility index (Phi) is 8.71. The number of sulfone groups is 1. The number of nitrogens with zero attached hydrogens (tertiary/aromatic N) is 1. The zero-order valence-corrected chi connectivity index (χ0v) is 19.4. The SMILES string of the molecule is CC(CCC(=O)Cc1ccc(N2C[C@@H](C)O[C@@H](C)C2)cc1)CCS(=O)(=O)C(C)C. The number of ketones is 1. The summed E-state index contributed by atoms with van der Waals surface area (Å²) in [6.07, 6.45) is 2.75. The molecule has 0 N–H and O–H groups in total. The first-order chi connectivity index (χ1) is 13.6. The average molecular weight is 424 g/mol. The minimum absolute atomic E-state index is 0.209. The number of carbonyl (C=O) groups excluding carboxylic acids is 1. The third-order valence-corrected chi connectivity index (χ3v) is 7.89. The summed E-state index contributed by atoms with van der Waals surface area (Å²) < 4.78 is 29.6. The van der Waals surface area contributed by atoms with Crippen molar-refractivity contribution in [3.05, 3.63) is 29.8 Å². The highest BCUT2D eigenvalue weighted by Gasteiger charge is 2.22. The number of carbonyl (C=O) groups is 1. The minimum Gasteiger partial charge on any atom is -0.372 e. The van der Waals surface area contributed by atoms with Gasteiger partial charge in [0.2, 0.25) is 0 Å². The predicted octanol–water partition coefficient (Wildman–Crippen LogP) is 4.04. The van der Waals surface area contributed by atoms with Crippen molar-refractivity contribution < 1.29 is 17.9 Å². The van der Waals surface area contributed by atoms with E-state index in [1.807, 2.05) is 19.1 Å². The van der Waals surface area contributed by atoms with Gasteiger partial charge >= 0.3 is 0 Å². The lowest BCUT2D eigenvalue weighted by atomic mass is 9.98. The largest absolute Gasteiger partial charge is 0.372 e. The molecule has 1 aliphatic heterocycles. The summed E-state index contributed by atoms with van der Waals surface area (Å²) in [5.41, 5.74) is 2.20. The van der Waals surface area contributed by atoms with E-state index in [0.29, 0.717) is 19.3 Å². The number of rotatable bonds is 10. The fourth-order valence-corrected chi connectivity index (χ4v) is 4.88. The topological polar surface area (TPSA) is 63.7 Å². The molecule has 2 rings (SSSR count). The number of morpholine rings is 1. The molecule has 1 aliphatic rings. The lowest BCUT2D eigenvalue weighted by Crippen LogP contribution is -2.45. The van der Waals surface area contributed by atoms with Crippen LogP contribution in [0.3, 0.4) is 0 Å². The molecule has 1 unspecified atom stereocenters. The zero-order valence-electron chi connectivity index (χ0n) is 18.6. The molecule has 1 aromatic rings. The van der Waals surface area contributed by atoms with Gasteiger partial charge in [0, 0.05) is 31.6 Å². The van der Waals surface area contributed by atoms with Crippen LogP contribution in [0.4, 0.5) is 5.69 Å². The van der Waals surface area contributed by atoms with Crippen molar-refractivity contribution in [1.82, 2.24) is 0 Å². The standard InChI is InChI=1S/C23H37NO4S/c1-17(2)29(26,27)13-12-18(3)6-11-23(25)14-21-7-9-22(10-8-21)24-15-19(4)28-20(5)16-24/h7-10,17-20H,6,11-16H2,1-5H3/t18?,19-,20+. The van der Waals surface area contributed by atoms with Crippen molar-refractivity contribution in [2.75, 3.05) is 23.7 Å². The third kappa shape index (κ3) is 7.74. The van der Waals surface area contributed by atoms with E-state index in [2.05, 4.69) is 30.9 Å². The molecule has 0 saturated carbocycles. The molecule has 29 heavy (non-hydrogen) atoms. The number of ether oxygens (including phenoxy) is 1. The van der Waals surface area contributed by atoms with E-state index in [-0.39, 0.29) is 34.9 Å². The lowest BCUT2D eigenvalue weighted by molar-refractivity contribution is -0.118. The molecule has 3 atom stereocenters. The monoisotopic (exact) mass is 423 g/mol. The second-order valence-corrected chi connectivity index (χ2v) is 11.6. The first-order valence-electron chi connectivity index (χ1n) is 10.8. The van der Waals surface area contributed by atoms with Crippen LogP contribution >= 0.6 is 0 Å². The summed E-state index contributed by atoms with van der Waals surface area (Å²) in [7, 11) is -3.00. The quantitative estimate of drug-likeness (QED) is 0.568. The number of Topliss-reactive ketones (excluding diaryl/α,β-unsaturated/α-hetero) is 1. The summed E-state index contributed by atoms with van der Waals surface area (Å²) >= 11 is 0. The molecule has 0 bridgehead atoms. The second kappa shape index (κ2) is 10.6. The Hall–Kier alpha value is -1.40. The Labute approximate surface area is 176 Å². The van der Waals surface area contributed by atoms with E-state index in [0.717, 1.165) is 25.1 Å². The van der Waals surface area contributed by atoms with Gasteiger partial charge in [-0.25, -0.2) is 8.42 Å². The zero-order chi connectivity index (χ0) is 21.6. The van der Waals surface area contributed by atoms with Crippen LogP contribution in [0.15, 0.2) is 24.3 Å². The minimum atomic E-state index is -3.00. The van der Waals surface area contributed by atoms with Crippen LogP contribution in [0.25, 0.3) is 0 Å². The summed E-state index contributed by atoms with van der Waals surface area (Å²) in [5.74, 6) is 0.658. The Morgan fingerprint density at radius 1 is 1.07 bits per heavy atom. The maximum Gasteiger partial charge on any atom is 0.152 e. The van der Waals surface area contributed by atoms with Crippen LogP contribution in [-0.4, -0.2) is 50.5 Å². The van der Waals surface area contributed by atoms with Gasteiger partial charge in [-0.2, -0.15) is 0 Å². The van der Waals surface area contributed by atoms with E-state index in [4.69, 9.17) is 4.74 Å². The van der Waals surface area contributed by atoms with Crippen LogP contribution in [0.2, 0.25) is 0 Å². The maximum absolute atomic E-state index is 12.4. The van der Waals surface area contributed by atoms with Crippen molar-refractivity contribution in [3.8, 4) is 0 Å². The molecule has 0 radical (unpaired) electrons. The van der Waals surface area contributed by atoms with E-state index >= 15 is 0 Å². The highest BCUT2D eigenvalue weighted by atomic mass is 32.2. The van der Waals surface area contributed by atoms with E-state index in [1.54, 1.807) is 13.8 Å². The second-order valence-electron chi connectivity index (χ2n) is 8.89. The van der Waals surface area contributed by atoms with Crippen molar-refractivity contribution in [1.29, 1.82) is 0 Å². The van der Waals surface area contributed by atoms with Gasteiger partial charge < -0.3 is 9.64 Å². The summed E-state index contributed by atoms with van der Waals surface area (Å²) in [4.78, 5) is 14.7. The van der Waals surface area contributed by atoms with E-state index in [1.165, 1.54) is 5.69 Å². The summed E-state index contributed by atoms with van der Waals surface area (Å²) in [6, 6.07) is 8.26. The molecule has 1 heterocycles. The van der Waals surface area contributed by atoms with Crippen molar-refractivity contribution in [3.63, 3.8) is 0 Å². The fourth-order valence-electron chi connectivity index (χ4n) is 3.68. The normalized spacial score (nSPS) is 21.4. The fraction of sp³-hybridized carbons (Fsp3) is 0.696. The molecular weight excluding hydrogens is 386 g/mol. The third-order valence-electron chi connectivity index (χ3n) is 5.65. The maximum atomic E-state index is 12.4. The number of hydrogen-bond acceptors (Lipinski definition) is 5. The number of anilines is 1. The Balaban J connectivity index is 1.77. The Morgan fingerprint density at radius 3 is 2.21 bits per heavy atom. The highest BCUT2D eigenvalue weighted by molar-refractivity contribution is 7.91. The Morgan fingerprint density at radius 2 is 1.66 bits per heavy atom. The van der Waals surface area contributed by atoms with Crippen LogP contribution in [0.1, 0.15) is 59.4 Å². The summed E-state index contributed by atoms with van der Waals surface area (Å²) in [5, 5.41) is -0.330. The first kappa shape index (κ1) is 23.9. The number of hydrogen-bond donors (Lipinski definition) is 0. The molecule has 0 aliphatic carbocycles. The smallest absolute Gasteiger partial charge is 0.152 e. The molecule has 164 valence electrons. The number of benzene rings is 1. The molecule has 1 aromatic carbocycles. The van der Waals surface area contributed by atoms with Gasteiger partial charge in [0.25, 0.3) is 0 Å². The molecule has 1 saturated heterocycles. The van der Waals surface area contributed by atoms with E-state index < -0.39 is 9.84 Å². The molecule has 0 spiro atoms. The van der Waals surface area contributed by atoms with Crippen LogP contribution in [0, 0.1) is 5.92 Å². The molecule has 1 fully saturated rings. The molecule has 0 amide bonds. The molecule has 6 heteroatoms. The van der Waals surface area contributed by atoms with Gasteiger partial charge in [-0.3, -0.25) is 4.79 Å². The van der Waals surface area contributed by atoms with E-state index in [9.17, 15) is 13.2 Å².